The van der Waals surface area contributed by atoms with E-state index in [1.54, 1.807) is 36.1 Å². The zero-order chi connectivity index (χ0) is 24.5. The lowest BCUT2D eigenvalue weighted by Gasteiger charge is -2.25. The highest BCUT2D eigenvalue weighted by atomic mass is 32.2. The highest BCUT2D eigenvalue weighted by molar-refractivity contribution is 7.89. The van der Waals surface area contributed by atoms with Gasteiger partial charge in [0.15, 0.2) is 0 Å². The lowest BCUT2D eigenvalue weighted by Crippen LogP contribution is -2.43. The maximum Gasteiger partial charge on any atom is 0.410 e. The minimum Gasteiger partial charge on any atom is -0.450 e. The summed E-state index contributed by atoms with van der Waals surface area (Å²) in [7, 11) is -3.83. The second-order valence-electron chi connectivity index (χ2n) is 8.27. The molecule has 3 heterocycles. The van der Waals surface area contributed by atoms with Gasteiger partial charge < -0.3 is 15.0 Å². The molecule has 1 unspecified atom stereocenters. The first-order valence-electron chi connectivity index (χ1n) is 11.1. The minimum atomic E-state index is -3.83. The van der Waals surface area contributed by atoms with Gasteiger partial charge in [-0.3, -0.25) is 4.79 Å². The van der Waals surface area contributed by atoms with Crippen LogP contribution in [0.2, 0.25) is 0 Å². The van der Waals surface area contributed by atoms with Gasteiger partial charge in [0.1, 0.15) is 17.1 Å². The molecule has 1 aromatic heterocycles. The normalized spacial score (nSPS) is 18.3. The predicted molar refractivity (Wildman–Crippen MR) is 127 cm³/mol. The Balaban J connectivity index is 1.54. The molecule has 0 spiro atoms. The molecule has 34 heavy (non-hydrogen) atoms. The number of hydrogen-bond donors (Lipinski definition) is 1. The van der Waals surface area contributed by atoms with Gasteiger partial charge in [-0.15, -0.1) is 11.3 Å². The molecule has 11 heteroatoms. The average Bonchev–Trinajstić information content (AvgIpc) is 3.44. The van der Waals surface area contributed by atoms with Crippen LogP contribution in [0.1, 0.15) is 41.3 Å². The standard InChI is InChI=1S/C23H26N4O5S2/c1-3-32-23(29)26-12-10-17-18(13-24)22(33-20(17)14-26)25-21(28)19-5-4-11-27(19)34(30,31)16-8-6-15(2)7-9-16/h6-9,19H,3-5,10-12,14H2,1-2H3,(H,25,28). The van der Waals surface area contributed by atoms with Gasteiger partial charge in [0, 0.05) is 18.0 Å². The second-order valence-corrected chi connectivity index (χ2v) is 11.3. The summed E-state index contributed by atoms with van der Waals surface area (Å²) >= 11 is 1.25. The fraction of sp³-hybridized carbons (Fsp3) is 0.435. The Morgan fingerprint density at radius 2 is 2.00 bits per heavy atom. The first kappa shape index (κ1) is 24.2. The number of carbonyl (C=O) groups excluding carboxylic acids is 2. The van der Waals surface area contributed by atoms with Gasteiger partial charge in [-0.2, -0.15) is 9.57 Å². The molecule has 1 saturated heterocycles. The zero-order valence-electron chi connectivity index (χ0n) is 19.0. The van der Waals surface area contributed by atoms with E-state index in [0.29, 0.717) is 42.9 Å². The van der Waals surface area contributed by atoms with E-state index in [1.165, 1.54) is 15.6 Å². The van der Waals surface area contributed by atoms with Gasteiger partial charge in [-0.05, 0) is 50.8 Å². The molecule has 0 radical (unpaired) electrons. The van der Waals surface area contributed by atoms with Gasteiger partial charge in [0.05, 0.1) is 23.6 Å². The number of ether oxygens (including phenoxy) is 1. The van der Waals surface area contributed by atoms with Crippen LogP contribution in [0.25, 0.3) is 0 Å². The van der Waals surface area contributed by atoms with E-state index < -0.39 is 28.1 Å². The summed E-state index contributed by atoms with van der Waals surface area (Å²) < 4.78 is 32.7. The van der Waals surface area contributed by atoms with E-state index >= 15 is 0 Å². The van der Waals surface area contributed by atoms with E-state index in [0.717, 1.165) is 16.0 Å². The first-order valence-corrected chi connectivity index (χ1v) is 13.4. The summed E-state index contributed by atoms with van der Waals surface area (Å²) in [6.45, 7) is 4.89. The summed E-state index contributed by atoms with van der Waals surface area (Å²) in [5.41, 5.74) is 2.14. The zero-order valence-corrected chi connectivity index (χ0v) is 20.7. The number of anilines is 1. The third-order valence-electron chi connectivity index (χ3n) is 6.07. The quantitative estimate of drug-likeness (QED) is 0.670. The Morgan fingerprint density at radius 3 is 2.68 bits per heavy atom. The Morgan fingerprint density at radius 1 is 1.26 bits per heavy atom. The van der Waals surface area contributed by atoms with Crippen molar-refractivity contribution in [1.82, 2.24) is 9.21 Å². The molecule has 9 nitrogen and oxygen atoms in total. The number of aryl methyl sites for hydroxylation is 1. The van der Waals surface area contributed by atoms with Crippen LogP contribution < -0.4 is 5.32 Å². The van der Waals surface area contributed by atoms with Gasteiger partial charge in [-0.25, -0.2) is 13.2 Å². The molecule has 1 N–H and O–H groups in total. The van der Waals surface area contributed by atoms with Crippen molar-refractivity contribution in [3.05, 3.63) is 45.8 Å². The summed E-state index contributed by atoms with van der Waals surface area (Å²) in [4.78, 5) is 27.8. The van der Waals surface area contributed by atoms with Crippen LogP contribution in [-0.4, -0.2) is 55.4 Å². The lowest BCUT2D eigenvalue weighted by molar-refractivity contribution is -0.119. The van der Waals surface area contributed by atoms with Gasteiger partial charge in [0.25, 0.3) is 0 Å². The molecule has 2 aromatic rings. The molecule has 180 valence electrons. The minimum absolute atomic E-state index is 0.154. The van der Waals surface area contributed by atoms with E-state index in [-0.39, 0.29) is 18.0 Å². The summed E-state index contributed by atoms with van der Waals surface area (Å²) in [6.07, 6.45) is 1.05. The predicted octanol–water partition coefficient (Wildman–Crippen LogP) is 3.23. The second kappa shape index (κ2) is 9.74. The van der Waals surface area contributed by atoms with Crippen molar-refractivity contribution >= 4 is 38.4 Å². The fourth-order valence-electron chi connectivity index (χ4n) is 4.31. The van der Waals surface area contributed by atoms with Crippen molar-refractivity contribution in [2.24, 2.45) is 0 Å². The highest BCUT2D eigenvalue weighted by Gasteiger charge is 2.40. The maximum atomic E-state index is 13.2. The molecule has 2 amide bonds. The smallest absolute Gasteiger partial charge is 0.410 e. The van der Waals surface area contributed by atoms with E-state index in [9.17, 15) is 23.3 Å². The van der Waals surface area contributed by atoms with Gasteiger partial charge >= 0.3 is 6.09 Å². The third kappa shape index (κ3) is 4.53. The SMILES string of the molecule is CCOC(=O)N1CCc2c(sc(NC(=O)C3CCCN3S(=O)(=O)c3ccc(C)cc3)c2C#N)C1. The summed E-state index contributed by atoms with van der Waals surface area (Å²) in [5, 5.41) is 12.9. The van der Waals surface area contributed by atoms with Crippen molar-refractivity contribution in [3.63, 3.8) is 0 Å². The molecule has 0 bridgehead atoms. The third-order valence-corrected chi connectivity index (χ3v) is 9.12. The summed E-state index contributed by atoms with van der Waals surface area (Å²) in [5.74, 6) is -0.453. The van der Waals surface area contributed by atoms with Gasteiger partial charge in [-0.1, -0.05) is 17.7 Å². The topological polar surface area (TPSA) is 120 Å². The highest BCUT2D eigenvalue weighted by Crippen LogP contribution is 2.37. The molecule has 1 aromatic carbocycles. The molecule has 1 fully saturated rings. The van der Waals surface area contributed by atoms with Crippen LogP contribution in [-0.2, 0) is 32.5 Å². The molecule has 1 atom stereocenters. The number of hydrogen-bond acceptors (Lipinski definition) is 7. The maximum absolute atomic E-state index is 13.2. The molecule has 2 aliphatic rings. The number of carbonyl (C=O) groups is 2. The Hall–Kier alpha value is -2.94. The Kier molecular flexibility index (Phi) is 6.93. The van der Waals surface area contributed by atoms with Crippen LogP contribution >= 0.6 is 11.3 Å². The number of nitriles is 1. The van der Waals surface area contributed by atoms with Crippen LogP contribution in [0, 0.1) is 18.3 Å². The number of thiophene rings is 1. The molecule has 2 aliphatic heterocycles. The largest absolute Gasteiger partial charge is 0.450 e. The average molecular weight is 503 g/mol. The number of nitrogens with zero attached hydrogens (tertiary/aromatic N) is 3. The van der Waals surface area contributed by atoms with Crippen molar-refractivity contribution in [3.8, 4) is 6.07 Å². The van der Waals surface area contributed by atoms with Crippen molar-refractivity contribution in [2.45, 2.75) is 50.6 Å². The number of amides is 2. The molecular weight excluding hydrogens is 476 g/mol. The number of rotatable bonds is 5. The Labute approximate surface area is 203 Å². The number of sulfonamides is 1. The first-order chi connectivity index (χ1) is 16.3. The van der Waals surface area contributed by atoms with Crippen LogP contribution in [0.4, 0.5) is 9.80 Å². The van der Waals surface area contributed by atoms with Crippen molar-refractivity contribution < 1.29 is 22.7 Å². The van der Waals surface area contributed by atoms with Crippen LogP contribution in [0.15, 0.2) is 29.2 Å². The number of nitrogens with one attached hydrogen (secondary N) is 1. The summed E-state index contributed by atoms with van der Waals surface area (Å²) in [6, 6.07) is 7.88. The Bertz CT molecular complexity index is 1250. The van der Waals surface area contributed by atoms with E-state index in [2.05, 4.69) is 11.4 Å². The molecular formula is C23H26N4O5S2. The van der Waals surface area contributed by atoms with Crippen LogP contribution in [0.5, 0.6) is 0 Å². The van der Waals surface area contributed by atoms with Crippen molar-refractivity contribution in [1.29, 1.82) is 5.26 Å². The van der Waals surface area contributed by atoms with E-state index in [4.69, 9.17) is 4.74 Å². The molecule has 0 aliphatic carbocycles. The monoisotopic (exact) mass is 502 g/mol. The lowest BCUT2D eigenvalue weighted by atomic mass is 10.0. The van der Waals surface area contributed by atoms with Crippen molar-refractivity contribution in [2.75, 3.05) is 25.0 Å². The van der Waals surface area contributed by atoms with Gasteiger partial charge in [0.2, 0.25) is 15.9 Å². The number of fused-ring (bicyclic) bond motifs is 1. The van der Waals surface area contributed by atoms with Crippen LogP contribution in [0.3, 0.4) is 0 Å². The number of benzene rings is 1. The molecule has 4 rings (SSSR count). The molecule has 0 saturated carbocycles. The fourth-order valence-corrected chi connectivity index (χ4v) is 7.18. The van der Waals surface area contributed by atoms with E-state index in [1.807, 2.05) is 6.92 Å².